The Morgan fingerprint density at radius 2 is 1.50 bits per heavy atom. The summed E-state index contributed by atoms with van der Waals surface area (Å²) in [5, 5.41) is 0. The monoisotopic (exact) mass is 344 g/mol. The van der Waals surface area contributed by atoms with E-state index in [4.69, 9.17) is 4.74 Å². The highest BCUT2D eigenvalue weighted by atomic mass is 16.5. The van der Waals surface area contributed by atoms with E-state index in [0.29, 0.717) is 12.1 Å². The van der Waals surface area contributed by atoms with Crippen LogP contribution in [0.2, 0.25) is 0 Å². The number of fused-ring (bicyclic) bond motifs is 1. The van der Waals surface area contributed by atoms with E-state index in [0.717, 1.165) is 17.8 Å². The van der Waals surface area contributed by atoms with Crippen molar-refractivity contribution in [2.24, 2.45) is 17.8 Å². The van der Waals surface area contributed by atoms with Gasteiger partial charge in [0.05, 0.1) is 5.56 Å². The third kappa shape index (κ3) is 2.21. The third-order valence-corrected chi connectivity index (χ3v) is 7.39. The Morgan fingerprint density at radius 1 is 0.808 bits per heavy atom. The molecular weight excluding hydrogens is 318 g/mol. The molecular formula is C24H26NO+. The van der Waals surface area contributed by atoms with Gasteiger partial charge in [0.25, 0.3) is 6.73 Å². The number of rotatable bonds is 2. The number of hydrogen-bond donors (Lipinski definition) is 0. The molecule has 2 aromatic rings. The number of benzene rings is 2. The highest BCUT2D eigenvalue weighted by Gasteiger charge is 2.52. The summed E-state index contributed by atoms with van der Waals surface area (Å²) in [5.74, 6) is 4.06. The first-order valence-electron chi connectivity index (χ1n) is 10.2. The predicted molar refractivity (Wildman–Crippen MR) is 103 cm³/mol. The van der Waals surface area contributed by atoms with Gasteiger partial charge >= 0.3 is 0 Å². The Labute approximate surface area is 155 Å². The predicted octanol–water partition coefficient (Wildman–Crippen LogP) is 5.27. The summed E-state index contributed by atoms with van der Waals surface area (Å²) in [6, 6.07) is 17.4. The SMILES string of the molecule is C1=[N+](c2ccccc2)COc2c1cccc2C12CC3CC(CC(C3)C1)C2. The molecule has 0 unspecified atom stereocenters. The van der Waals surface area contributed by atoms with Gasteiger partial charge in [-0.25, -0.2) is 0 Å². The van der Waals surface area contributed by atoms with E-state index in [9.17, 15) is 0 Å². The quantitative estimate of drug-likeness (QED) is 0.676. The molecule has 1 heterocycles. The molecule has 7 rings (SSSR count). The molecule has 2 aromatic carbocycles. The van der Waals surface area contributed by atoms with Gasteiger partial charge in [-0.15, -0.1) is 0 Å². The average molecular weight is 344 g/mol. The lowest BCUT2D eigenvalue weighted by molar-refractivity contribution is -0.476. The van der Waals surface area contributed by atoms with E-state index in [-0.39, 0.29) is 0 Å². The van der Waals surface area contributed by atoms with E-state index in [1.54, 1.807) is 0 Å². The zero-order valence-corrected chi connectivity index (χ0v) is 15.2. The maximum atomic E-state index is 6.41. The summed E-state index contributed by atoms with van der Waals surface area (Å²) >= 11 is 0. The van der Waals surface area contributed by atoms with Gasteiger partial charge in [-0.3, -0.25) is 0 Å². The minimum Gasteiger partial charge on any atom is -0.435 e. The molecule has 132 valence electrons. The number of ether oxygens (including phenoxy) is 1. The molecule has 2 nitrogen and oxygen atoms in total. The van der Waals surface area contributed by atoms with Gasteiger partial charge in [0, 0.05) is 17.7 Å². The van der Waals surface area contributed by atoms with Crippen molar-refractivity contribution in [1.29, 1.82) is 0 Å². The van der Waals surface area contributed by atoms with Crippen molar-refractivity contribution in [2.45, 2.75) is 43.9 Å². The summed E-state index contributed by atoms with van der Waals surface area (Å²) < 4.78 is 8.62. The summed E-state index contributed by atoms with van der Waals surface area (Å²) in [7, 11) is 0. The van der Waals surface area contributed by atoms with Crippen LogP contribution in [0.1, 0.15) is 49.7 Å². The second-order valence-corrected chi connectivity index (χ2v) is 9.13. The molecule has 4 saturated carbocycles. The van der Waals surface area contributed by atoms with Gasteiger partial charge in [0.2, 0.25) is 5.69 Å². The van der Waals surface area contributed by atoms with Crippen LogP contribution in [-0.2, 0) is 5.41 Å². The van der Waals surface area contributed by atoms with Crippen LogP contribution in [-0.4, -0.2) is 17.5 Å². The molecule has 0 spiro atoms. The minimum atomic E-state index is 0.392. The van der Waals surface area contributed by atoms with Crippen molar-refractivity contribution < 1.29 is 9.31 Å². The molecule has 0 N–H and O–H groups in total. The maximum Gasteiger partial charge on any atom is 0.292 e. The molecule has 2 heteroatoms. The Balaban J connectivity index is 1.43. The Hall–Kier alpha value is -2.09. The van der Waals surface area contributed by atoms with Gasteiger partial charge in [-0.1, -0.05) is 30.3 Å². The fourth-order valence-corrected chi connectivity index (χ4v) is 6.78. The molecule has 5 aliphatic rings. The van der Waals surface area contributed by atoms with Crippen LogP contribution in [0.25, 0.3) is 0 Å². The normalized spacial score (nSPS) is 34.2. The average Bonchev–Trinajstić information content (AvgIpc) is 2.67. The van der Waals surface area contributed by atoms with E-state index < -0.39 is 0 Å². The van der Waals surface area contributed by atoms with Crippen LogP contribution >= 0.6 is 0 Å². The molecule has 4 fully saturated rings. The first kappa shape index (κ1) is 15.0. The second-order valence-electron chi connectivity index (χ2n) is 9.13. The summed E-state index contributed by atoms with van der Waals surface area (Å²) in [6.45, 7) is 0.612. The van der Waals surface area contributed by atoms with Crippen LogP contribution in [0.5, 0.6) is 5.75 Å². The van der Waals surface area contributed by atoms with Gasteiger partial charge in [0.1, 0.15) is 5.75 Å². The van der Waals surface area contributed by atoms with Crippen LogP contribution in [0.3, 0.4) is 0 Å². The van der Waals surface area contributed by atoms with Crippen molar-refractivity contribution in [3.63, 3.8) is 0 Å². The maximum absolute atomic E-state index is 6.41. The minimum absolute atomic E-state index is 0.392. The van der Waals surface area contributed by atoms with Crippen LogP contribution < -0.4 is 4.74 Å². The molecule has 26 heavy (non-hydrogen) atoms. The van der Waals surface area contributed by atoms with E-state index in [1.165, 1.54) is 61.1 Å². The summed E-state index contributed by atoms with van der Waals surface area (Å²) in [5.41, 5.74) is 4.34. The smallest absolute Gasteiger partial charge is 0.292 e. The van der Waals surface area contributed by atoms with Crippen molar-refractivity contribution >= 4 is 11.9 Å². The van der Waals surface area contributed by atoms with Gasteiger partial charge in [-0.2, -0.15) is 4.58 Å². The van der Waals surface area contributed by atoms with E-state index in [1.807, 2.05) is 0 Å². The number of nitrogens with zero attached hydrogens (tertiary/aromatic N) is 1. The fourth-order valence-electron chi connectivity index (χ4n) is 6.78. The first-order chi connectivity index (χ1) is 12.8. The summed E-state index contributed by atoms with van der Waals surface area (Å²) in [4.78, 5) is 0. The highest BCUT2D eigenvalue weighted by Crippen LogP contribution is 2.62. The molecule has 0 saturated heterocycles. The van der Waals surface area contributed by atoms with E-state index >= 15 is 0 Å². The van der Waals surface area contributed by atoms with Crippen LogP contribution in [0.4, 0.5) is 5.69 Å². The molecule has 4 aliphatic carbocycles. The lowest BCUT2D eigenvalue weighted by atomic mass is 9.48. The topological polar surface area (TPSA) is 12.2 Å². The summed E-state index contributed by atoms with van der Waals surface area (Å²) in [6.07, 6.45) is 10.9. The fraction of sp³-hybridized carbons (Fsp3) is 0.458. The lowest BCUT2D eigenvalue weighted by Crippen LogP contribution is -2.48. The van der Waals surface area contributed by atoms with Crippen molar-refractivity contribution in [3.8, 4) is 5.75 Å². The van der Waals surface area contributed by atoms with Gasteiger partial charge in [-0.05, 0) is 67.8 Å². The highest BCUT2D eigenvalue weighted by molar-refractivity contribution is 5.82. The van der Waals surface area contributed by atoms with E-state index in [2.05, 4.69) is 59.3 Å². The largest absolute Gasteiger partial charge is 0.435 e. The molecule has 0 amide bonds. The molecule has 0 atom stereocenters. The van der Waals surface area contributed by atoms with Gasteiger partial charge < -0.3 is 4.74 Å². The third-order valence-electron chi connectivity index (χ3n) is 7.39. The molecule has 1 aliphatic heterocycles. The number of hydrogen-bond acceptors (Lipinski definition) is 1. The van der Waals surface area contributed by atoms with Crippen molar-refractivity contribution in [3.05, 3.63) is 59.7 Å². The Bertz CT molecular complexity index is 847. The standard InChI is InChI=1S/C24H26NO/c1-2-6-21(7-3-1)25-15-20-5-4-8-22(23(20)26-16-25)24-12-17-9-18(13-24)11-19(10-17)14-24/h1-8,15,17-19H,9-14,16H2/q+1. The van der Waals surface area contributed by atoms with Crippen molar-refractivity contribution in [2.75, 3.05) is 6.73 Å². The lowest BCUT2D eigenvalue weighted by Gasteiger charge is -2.57. The van der Waals surface area contributed by atoms with Gasteiger partial charge in [0.15, 0.2) is 6.21 Å². The first-order valence-corrected chi connectivity index (χ1v) is 10.2. The zero-order valence-electron chi connectivity index (χ0n) is 15.2. The molecule has 4 bridgehead atoms. The zero-order chi connectivity index (χ0) is 17.1. The van der Waals surface area contributed by atoms with Crippen LogP contribution in [0, 0.1) is 17.8 Å². The Morgan fingerprint density at radius 3 is 2.19 bits per heavy atom. The van der Waals surface area contributed by atoms with Crippen LogP contribution in [0.15, 0.2) is 48.5 Å². The molecule has 0 aromatic heterocycles. The van der Waals surface area contributed by atoms with Crippen molar-refractivity contribution in [1.82, 2.24) is 0 Å². The number of para-hydroxylation sites is 2. The Kier molecular flexibility index (Phi) is 3.15. The molecule has 0 radical (unpaired) electrons. The second kappa shape index (κ2) is 5.45.